The van der Waals surface area contributed by atoms with E-state index in [0.29, 0.717) is 11.3 Å². The number of carboxylic acid groups (broad SMARTS) is 2. The molecule has 0 aliphatic rings. The summed E-state index contributed by atoms with van der Waals surface area (Å²) < 4.78 is 4.44. The van der Waals surface area contributed by atoms with Gasteiger partial charge in [0.05, 0.1) is 7.11 Å². The molecule has 9 heteroatoms. The maximum absolute atomic E-state index is 11.9. The highest BCUT2D eigenvalue weighted by Gasteiger charge is 2.22. The van der Waals surface area contributed by atoms with Gasteiger partial charge in [0, 0.05) is 20.0 Å². The summed E-state index contributed by atoms with van der Waals surface area (Å²) in [5.41, 5.74) is 0. The third-order valence-electron chi connectivity index (χ3n) is 2.35. The van der Waals surface area contributed by atoms with Crippen LogP contribution in [0.2, 0.25) is 0 Å². The van der Waals surface area contributed by atoms with E-state index in [4.69, 9.17) is 10.2 Å². The molecule has 0 fully saturated rings. The topological polar surface area (TPSA) is 124 Å². The Bertz CT molecular complexity index is 367. The van der Waals surface area contributed by atoms with Crippen molar-refractivity contribution in [2.45, 2.75) is 12.8 Å². The number of carboxylic acids is 2. The Balaban J connectivity index is 4.43. The number of rotatable bonds is 8. The fourth-order valence-corrected chi connectivity index (χ4v) is 1.42. The molecule has 0 aromatic carbocycles. The molecular weight excluding hydrogens is 272 g/mol. The smallest absolute Gasteiger partial charge is 0.323 e. The molecule has 0 aliphatic heterocycles. The first-order valence-corrected chi connectivity index (χ1v) is 5.78. The third kappa shape index (κ3) is 7.19. The zero-order valence-corrected chi connectivity index (χ0v) is 11.4. The standard InChI is InChI=1S/C11H18N2O7/c1-12(5-3-4-10(18)20-2)11(19)13(6-8(14)15)7-9(16)17/h3-7H2,1-2H3,(H,14,15)(H,16,17). The Morgan fingerprint density at radius 2 is 1.55 bits per heavy atom. The van der Waals surface area contributed by atoms with E-state index in [0.717, 1.165) is 4.90 Å². The predicted molar refractivity (Wildman–Crippen MR) is 66.1 cm³/mol. The summed E-state index contributed by atoms with van der Waals surface area (Å²) >= 11 is 0. The number of hydrogen-bond acceptors (Lipinski definition) is 5. The highest BCUT2D eigenvalue weighted by molar-refractivity contribution is 5.84. The van der Waals surface area contributed by atoms with Crippen molar-refractivity contribution in [1.29, 1.82) is 0 Å². The lowest BCUT2D eigenvalue weighted by atomic mass is 10.3. The fourth-order valence-electron chi connectivity index (χ4n) is 1.42. The molecule has 9 nitrogen and oxygen atoms in total. The molecule has 2 N–H and O–H groups in total. The summed E-state index contributed by atoms with van der Waals surface area (Å²) in [5, 5.41) is 17.3. The Morgan fingerprint density at radius 3 is 1.95 bits per heavy atom. The fraction of sp³-hybridized carbons (Fsp3) is 0.636. The van der Waals surface area contributed by atoms with Crippen molar-refractivity contribution in [2.24, 2.45) is 0 Å². The van der Waals surface area contributed by atoms with Crippen LogP contribution in [0.25, 0.3) is 0 Å². The molecule has 0 rings (SSSR count). The molecular formula is C11H18N2O7. The predicted octanol–water partition coefficient (Wildman–Crippen LogP) is -0.537. The maximum Gasteiger partial charge on any atom is 0.323 e. The molecule has 2 amide bonds. The zero-order chi connectivity index (χ0) is 15.7. The van der Waals surface area contributed by atoms with Gasteiger partial charge in [0.1, 0.15) is 13.1 Å². The van der Waals surface area contributed by atoms with Gasteiger partial charge in [0.2, 0.25) is 0 Å². The second-order valence-electron chi connectivity index (χ2n) is 4.03. The van der Waals surface area contributed by atoms with Gasteiger partial charge in [0.25, 0.3) is 0 Å². The summed E-state index contributed by atoms with van der Waals surface area (Å²) in [7, 11) is 2.65. The van der Waals surface area contributed by atoms with Crippen LogP contribution in [0.5, 0.6) is 0 Å². The van der Waals surface area contributed by atoms with Crippen LogP contribution in [-0.4, -0.2) is 77.7 Å². The molecule has 0 spiro atoms. The molecule has 0 saturated carbocycles. The van der Waals surface area contributed by atoms with Gasteiger partial charge in [-0.05, 0) is 6.42 Å². The van der Waals surface area contributed by atoms with Gasteiger partial charge in [-0.15, -0.1) is 0 Å². The first-order valence-electron chi connectivity index (χ1n) is 5.78. The summed E-state index contributed by atoms with van der Waals surface area (Å²) in [5.74, 6) is -3.02. The van der Waals surface area contributed by atoms with Crippen molar-refractivity contribution in [3.63, 3.8) is 0 Å². The van der Waals surface area contributed by atoms with Crippen LogP contribution in [0.15, 0.2) is 0 Å². The van der Waals surface area contributed by atoms with Crippen molar-refractivity contribution in [2.75, 3.05) is 33.8 Å². The minimum atomic E-state index is -1.30. The van der Waals surface area contributed by atoms with Crippen molar-refractivity contribution in [3.05, 3.63) is 0 Å². The van der Waals surface area contributed by atoms with E-state index < -0.39 is 37.0 Å². The molecule has 20 heavy (non-hydrogen) atoms. The highest BCUT2D eigenvalue weighted by atomic mass is 16.5. The molecule has 0 unspecified atom stereocenters. The van der Waals surface area contributed by atoms with Gasteiger partial charge in [-0.25, -0.2) is 4.79 Å². The van der Waals surface area contributed by atoms with Gasteiger partial charge in [0.15, 0.2) is 0 Å². The summed E-state index contributed by atoms with van der Waals surface area (Å²) in [4.78, 5) is 45.8. The molecule has 0 aromatic rings. The Labute approximate surface area is 115 Å². The summed E-state index contributed by atoms with van der Waals surface area (Å²) in [6, 6.07) is -0.723. The molecule has 0 radical (unpaired) electrons. The molecule has 114 valence electrons. The van der Waals surface area contributed by atoms with E-state index in [-0.39, 0.29) is 13.0 Å². The van der Waals surface area contributed by atoms with Crippen LogP contribution in [0.4, 0.5) is 4.79 Å². The molecule has 0 heterocycles. The molecule has 0 bridgehead atoms. The average Bonchev–Trinajstić information content (AvgIpc) is 2.35. The number of nitrogens with zero attached hydrogens (tertiary/aromatic N) is 2. The second-order valence-corrected chi connectivity index (χ2v) is 4.03. The van der Waals surface area contributed by atoms with Gasteiger partial charge >= 0.3 is 23.9 Å². The average molecular weight is 290 g/mol. The van der Waals surface area contributed by atoms with Gasteiger partial charge in [-0.2, -0.15) is 0 Å². The third-order valence-corrected chi connectivity index (χ3v) is 2.35. The van der Waals surface area contributed by atoms with Gasteiger partial charge < -0.3 is 24.7 Å². The number of carbonyl (C=O) groups excluding carboxylic acids is 2. The normalized spacial score (nSPS) is 9.70. The Morgan fingerprint density at radius 1 is 1.05 bits per heavy atom. The number of ether oxygens (including phenoxy) is 1. The lowest BCUT2D eigenvalue weighted by Crippen LogP contribution is -2.46. The van der Waals surface area contributed by atoms with Crippen molar-refractivity contribution < 1.29 is 34.1 Å². The van der Waals surface area contributed by atoms with Crippen LogP contribution in [0.1, 0.15) is 12.8 Å². The van der Waals surface area contributed by atoms with Crippen molar-refractivity contribution in [3.8, 4) is 0 Å². The summed E-state index contributed by atoms with van der Waals surface area (Å²) in [6.45, 7) is -1.22. The molecule has 0 aliphatic carbocycles. The van der Waals surface area contributed by atoms with Gasteiger partial charge in [-0.1, -0.05) is 0 Å². The van der Waals surface area contributed by atoms with E-state index >= 15 is 0 Å². The molecule has 0 aromatic heterocycles. The second kappa shape index (κ2) is 8.73. The SMILES string of the molecule is COC(=O)CCCN(C)C(=O)N(CC(=O)O)CC(=O)O. The maximum atomic E-state index is 11.9. The Hall–Kier alpha value is -2.32. The van der Waals surface area contributed by atoms with E-state index in [9.17, 15) is 19.2 Å². The van der Waals surface area contributed by atoms with Crippen molar-refractivity contribution in [1.82, 2.24) is 9.80 Å². The monoisotopic (exact) mass is 290 g/mol. The van der Waals surface area contributed by atoms with Crippen LogP contribution in [0.3, 0.4) is 0 Å². The van der Waals surface area contributed by atoms with E-state index in [1.54, 1.807) is 0 Å². The van der Waals surface area contributed by atoms with E-state index in [2.05, 4.69) is 4.74 Å². The number of amides is 2. The number of esters is 1. The minimum Gasteiger partial charge on any atom is -0.480 e. The lowest BCUT2D eigenvalue weighted by molar-refractivity contribution is -0.141. The number of urea groups is 1. The molecule has 0 atom stereocenters. The minimum absolute atomic E-state index is 0.117. The van der Waals surface area contributed by atoms with Crippen LogP contribution >= 0.6 is 0 Å². The number of carbonyl (C=O) groups is 4. The lowest BCUT2D eigenvalue weighted by Gasteiger charge is -2.25. The number of hydrogen-bond donors (Lipinski definition) is 2. The first-order chi connectivity index (χ1) is 9.27. The first kappa shape index (κ1) is 17.7. The number of aliphatic carboxylic acids is 2. The van der Waals surface area contributed by atoms with Crippen LogP contribution in [-0.2, 0) is 19.1 Å². The van der Waals surface area contributed by atoms with Crippen LogP contribution < -0.4 is 0 Å². The number of methoxy groups -OCH3 is 1. The largest absolute Gasteiger partial charge is 0.480 e. The highest BCUT2D eigenvalue weighted by Crippen LogP contribution is 2.01. The zero-order valence-electron chi connectivity index (χ0n) is 11.4. The quantitative estimate of drug-likeness (QED) is 0.575. The van der Waals surface area contributed by atoms with E-state index in [1.165, 1.54) is 14.2 Å². The van der Waals surface area contributed by atoms with Gasteiger partial charge in [-0.3, -0.25) is 14.4 Å². The molecule has 0 saturated heterocycles. The summed E-state index contributed by atoms with van der Waals surface area (Å²) in [6.07, 6.45) is 0.453. The Kier molecular flexibility index (Phi) is 7.71. The van der Waals surface area contributed by atoms with Crippen molar-refractivity contribution >= 4 is 23.9 Å². The van der Waals surface area contributed by atoms with E-state index in [1.807, 2.05) is 0 Å². The van der Waals surface area contributed by atoms with Crippen LogP contribution in [0, 0.1) is 0 Å².